The number of benzene rings is 1. The summed E-state index contributed by atoms with van der Waals surface area (Å²) in [6.07, 6.45) is 0.235. The molecule has 1 aromatic heterocycles. The minimum atomic E-state index is -0.337. The Bertz CT molecular complexity index is 724. The van der Waals surface area contributed by atoms with Crippen molar-refractivity contribution in [3.8, 4) is 28.9 Å². The summed E-state index contributed by atoms with van der Waals surface area (Å²) >= 11 is 0. The molecule has 0 aliphatic carbocycles. The summed E-state index contributed by atoms with van der Waals surface area (Å²) in [6.45, 7) is 1.95. The molecule has 0 saturated heterocycles. The molecule has 1 amide bonds. The van der Waals surface area contributed by atoms with Gasteiger partial charge in [-0.25, -0.2) is 0 Å². The van der Waals surface area contributed by atoms with Gasteiger partial charge in [-0.1, -0.05) is 5.16 Å². The number of hydrogen-bond acceptors (Lipinski definition) is 6. The maximum absolute atomic E-state index is 12.3. The molecule has 0 saturated carbocycles. The molecule has 120 valence electrons. The van der Waals surface area contributed by atoms with Gasteiger partial charge in [0.15, 0.2) is 5.76 Å². The first-order chi connectivity index (χ1) is 11.1. The monoisotopic (exact) mass is 315 g/mol. The number of hydrogen-bond donors (Lipinski definition) is 1. The van der Waals surface area contributed by atoms with Crippen LogP contribution in [0.15, 0.2) is 22.7 Å². The van der Waals surface area contributed by atoms with Crippen molar-refractivity contribution in [2.24, 2.45) is 0 Å². The summed E-state index contributed by atoms with van der Waals surface area (Å²) in [4.78, 5) is 12.3. The number of nitrogens with one attached hydrogen (secondary N) is 1. The van der Waals surface area contributed by atoms with E-state index >= 15 is 0 Å². The van der Waals surface area contributed by atoms with E-state index in [0.29, 0.717) is 34.1 Å². The molecule has 1 aromatic carbocycles. The van der Waals surface area contributed by atoms with E-state index in [2.05, 4.69) is 10.5 Å². The summed E-state index contributed by atoms with van der Waals surface area (Å²) in [5.41, 5.74) is 1.42. The van der Waals surface area contributed by atoms with Crippen molar-refractivity contribution in [1.82, 2.24) is 10.5 Å². The summed E-state index contributed by atoms with van der Waals surface area (Å²) in [5, 5.41) is 15.1. The molecular weight excluding hydrogens is 298 g/mol. The third kappa shape index (κ3) is 3.61. The molecule has 23 heavy (non-hydrogen) atoms. The Balaban J connectivity index is 2.41. The van der Waals surface area contributed by atoms with Gasteiger partial charge in [0.2, 0.25) is 0 Å². The lowest BCUT2D eigenvalue weighted by atomic mass is 10.1. The number of aryl methyl sites for hydroxylation is 1. The predicted octanol–water partition coefficient (Wildman–Crippen LogP) is 2.31. The van der Waals surface area contributed by atoms with Crippen molar-refractivity contribution in [2.75, 3.05) is 20.8 Å². The minimum Gasteiger partial charge on any atom is -0.497 e. The summed E-state index contributed by atoms with van der Waals surface area (Å²) in [6, 6.07) is 7.16. The SMILES string of the molecule is COc1cc(OC)cc(-c2onc(C)c2C(=O)NCCC#N)c1. The molecule has 1 N–H and O–H groups in total. The molecule has 0 unspecified atom stereocenters. The van der Waals surface area contributed by atoms with Crippen LogP contribution in [0.5, 0.6) is 11.5 Å². The molecule has 0 aliphatic rings. The van der Waals surface area contributed by atoms with Crippen LogP contribution in [0.1, 0.15) is 22.5 Å². The quantitative estimate of drug-likeness (QED) is 0.822. The fourth-order valence-electron chi connectivity index (χ4n) is 2.09. The van der Waals surface area contributed by atoms with Gasteiger partial charge in [-0.3, -0.25) is 4.79 Å². The van der Waals surface area contributed by atoms with Crippen molar-refractivity contribution < 1.29 is 18.8 Å². The van der Waals surface area contributed by atoms with E-state index in [1.54, 1.807) is 39.3 Å². The molecule has 7 nitrogen and oxygen atoms in total. The number of carbonyl (C=O) groups is 1. The van der Waals surface area contributed by atoms with Crippen LogP contribution in [0.3, 0.4) is 0 Å². The van der Waals surface area contributed by atoms with Gasteiger partial charge >= 0.3 is 0 Å². The molecule has 0 aliphatic heterocycles. The standard InChI is InChI=1S/C16H17N3O4/c1-10-14(16(20)18-6-4-5-17)15(23-19-10)11-7-12(21-2)9-13(8-11)22-3/h7-9H,4,6H2,1-3H3,(H,18,20). The molecule has 0 spiro atoms. The van der Waals surface area contributed by atoms with Crippen LogP contribution in [-0.4, -0.2) is 31.8 Å². The van der Waals surface area contributed by atoms with E-state index in [1.165, 1.54) is 0 Å². The van der Waals surface area contributed by atoms with Crippen LogP contribution in [0.25, 0.3) is 11.3 Å². The van der Waals surface area contributed by atoms with Crippen LogP contribution >= 0.6 is 0 Å². The highest BCUT2D eigenvalue weighted by atomic mass is 16.5. The zero-order valence-corrected chi connectivity index (χ0v) is 13.2. The second kappa shape index (κ2) is 7.31. The second-order valence-electron chi connectivity index (χ2n) is 4.74. The Morgan fingerprint density at radius 2 is 1.96 bits per heavy atom. The Kier molecular flexibility index (Phi) is 5.20. The van der Waals surface area contributed by atoms with Crippen molar-refractivity contribution in [3.63, 3.8) is 0 Å². The van der Waals surface area contributed by atoms with Crippen molar-refractivity contribution >= 4 is 5.91 Å². The van der Waals surface area contributed by atoms with E-state index in [0.717, 1.165) is 0 Å². The van der Waals surface area contributed by atoms with E-state index in [9.17, 15) is 4.79 Å². The highest BCUT2D eigenvalue weighted by Crippen LogP contribution is 2.32. The highest BCUT2D eigenvalue weighted by molar-refractivity contribution is 6.00. The number of rotatable bonds is 6. The number of aromatic nitrogens is 1. The number of ether oxygens (including phenoxy) is 2. The van der Waals surface area contributed by atoms with Crippen molar-refractivity contribution in [1.29, 1.82) is 5.26 Å². The maximum Gasteiger partial charge on any atom is 0.257 e. The fraction of sp³-hybridized carbons (Fsp3) is 0.312. The molecule has 2 rings (SSSR count). The van der Waals surface area contributed by atoms with Gasteiger partial charge in [0.05, 0.1) is 32.4 Å². The van der Waals surface area contributed by atoms with Crippen LogP contribution in [0.2, 0.25) is 0 Å². The molecule has 0 radical (unpaired) electrons. The molecule has 7 heteroatoms. The Hall–Kier alpha value is -3.01. The first-order valence-corrected chi connectivity index (χ1v) is 6.95. The predicted molar refractivity (Wildman–Crippen MR) is 82.3 cm³/mol. The van der Waals surface area contributed by atoms with Gasteiger partial charge in [-0.2, -0.15) is 5.26 Å². The largest absolute Gasteiger partial charge is 0.497 e. The Labute approximate surface area is 133 Å². The first kappa shape index (κ1) is 16.4. The number of methoxy groups -OCH3 is 2. The van der Waals surface area contributed by atoms with Crippen molar-refractivity contribution in [2.45, 2.75) is 13.3 Å². The van der Waals surface area contributed by atoms with Crippen LogP contribution < -0.4 is 14.8 Å². The average Bonchev–Trinajstić information content (AvgIpc) is 2.96. The van der Waals surface area contributed by atoms with Gasteiger partial charge in [0, 0.05) is 18.2 Å². The number of carbonyl (C=O) groups excluding carboxylic acids is 1. The van der Waals surface area contributed by atoms with Gasteiger partial charge in [0.25, 0.3) is 5.91 Å². The average molecular weight is 315 g/mol. The third-order valence-electron chi connectivity index (χ3n) is 3.23. The molecule has 0 fully saturated rings. The fourth-order valence-corrected chi connectivity index (χ4v) is 2.09. The molecule has 1 heterocycles. The second-order valence-corrected chi connectivity index (χ2v) is 4.74. The number of amides is 1. The summed E-state index contributed by atoms with van der Waals surface area (Å²) < 4.78 is 15.8. The van der Waals surface area contributed by atoms with E-state index < -0.39 is 0 Å². The van der Waals surface area contributed by atoms with Gasteiger partial charge in [-0.15, -0.1) is 0 Å². The first-order valence-electron chi connectivity index (χ1n) is 6.95. The Morgan fingerprint density at radius 1 is 1.30 bits per heavy atom. The van der Waals surface area contributed by atoms with Gasteiger partial charge < -0.3 is 19.3 Å². The maximum atomic E-state index is 12.3. The lowest BCUT2D eigenvalue weighted by Crippen LogP contribution is -2.25. The van der Waals surface area contributed by atoms with Gasteiger partial charge in [-0.05, 0) is 19.1 Å². The van der Waals surface area contributed by atoms with Gasteiger partial charge in [0.1, 0.15) is 17.1 Å². The molecular formula is C16H17N3O4. The normalized spacial score (nSPS) is 10.0. The summed E-state index contributed by atoms with van der Waals surface area (Å²) in [7, 11) is 3.08. The highest BCUT2D eigenvalue weighted by Gasteiger charge is 2.22. The minimum absolute atomic E-state index is 0.235. The van der Waals surface area contributed by atoms with E-state index in [4.69, 9.17) is 19.3 Å². The van der Waals surface area contributed by atoms with Crippen LogP contribution in [-0.2, 0) is 0 Å². The van der Waals surface area contributed by atoms with E-state index in [-0.39, 0.29) is 18.9 Å². The molecule has 0 atom stereocenters. The van der Waals surface area contributed by atoms with Crippen molar-refractivity contribution in [3.05, 3.63) is 29.5 Å². The number of nitrogens with zero attached hydrogens (tertiary/aromatic N) is 2. The zero-order valence-electron chi connectivity index (χ0n) is 13.2. The van der Waals surface area contributed by atoms with Crippen LogP contribution in [0, 0.1) is 18.3 Å². The smallest absolute Gasteiger partial charge is 0.257 e. The molecule has 0 bridgehead atoms. The van der Waals surface area contributed by atoms with E-state index in [1.807, 2.05) is 6.07 Å². The number of nitriles is 1. The topological polar surface area (TPSA) is 97.4 Å². The molecule has 2 aromatic rings. The third-order valence-corrected chi connectivity index (χ3v) is 3.23. The zero-order chi connectivity index (χ0) is 16.8. The Morgan fingerprint density at radius 3 is 2.52 bits per heavy atom. The summed E-state index contributed by atoms with van der Waals surface area (Å²) in [5.74, 6) is 1.14. The lowest BCUT2D eigenvalue weighted by molar-refractivity contribution is 0.0954. The van der Waals surface area contributed by atoms with Crippen LogP contribution in [0.4, 0.5) is 0 Å². The lowest BCUT2D eigenvalue weighted by Gasteiger charge is -2.08.